The van der Waals surface area contributed by atoms with Crippen molar-refractivity contribution in [2.75, 3.05) is 17.2 Å². The molecule has 0 radical (unpaired) electrons. The molecule has 0 fully saturated rings. The Bertz CT molecular complexity index is 650. The van der Waals surface area contributed by atoms with Crippen LogP contribution in [0.1, 0.15) is 47.7 Å². The van der Waals surface area contributed by atoms with E-state index in [1.54, 1.807) is 12.3 Å². The highest BCUT2D eigenvalue weighted by Gasteiger charge is 2.07. The molecular weight excluding hydrogens is 286 g/mol. The Labute approximate surface area is 138 Å². The number of nitrogens with zero attached hydrogens (tertiary/aromatic N) is 1. The molecule has 0 atom stereocenters. The van der Waals surface area contributed by atoms with Gasteiger partial charge in [0.15, 0.2) is 0 Å². The van der Waals surface area contributed by atoms with E-state index in [9.17, 15) is 4.79 Å². The molecule has 122 valence electrons. The van der Waals surface area contributed by atoms with Gasteiger partial charge in [0.2, 0.25) is 0 Å². The highest BCUT2D eigenvalue weighted by atomic mass is 16.1. The first-order valence-corrected chi connectivity index (χ1v) is 8.18. The SMILES string of the molecule is CCCCCNc1ccc(C(=O)Nc2ccc(C)c(C)c2)cn1. The number of benzene rings is 1. The largest absolute Gasteiger partial charge is 0.370 e. The second kappa shape index (κ2) is 8.32. The highest BCUT2D eigenvalue weighted by Crippen LogP contribution is 2.15. The van der Waals surface area contributed by atoms with Crippen LogP contribution >= 0.6 is 0 Å². The van der Waals surface area contributed by atoms with E-state index in [4.69, 9.17) is 0 Å². The lowest BCUT2D eigenvalue weighted by Crippen LogP contribution is -2.13. The van der Waals surface area contributed by atoms with Crippen LogP contribution in [0.5, 0.6) is 0 Å². The third-order valence-electron chi connectivity index (χ3n) is 3.88. The normalized spacial score (nSPS) is 10.4. The molecule has 1 heterocycles. The summed E-state index contributed by atoms with van der Waals surface area (Å²) >= 11 is 0. The molecule has 2 N–H and O–H groups in total. The molecule has 4 heteroatoms. The fourth-order valence-corrected chi connectivity index (χ4v) is 2.25. The van der Waals surface area contributed by atoms with Crippen molar-refractivity contribution >= 4 is 17.4 Å². The second-order valence-corrected chi connectivity index (χ2v) is 5.82. The van der Waals surface area contributed by atoms with Gasteiger partial charge in [-0.1, -0.05) is 25.8 Å². The van der Waals surface area contributed by atoms with E-state index < -0.39 is 0 Å². The van der Waals surface area contributed by atoms with Crippen LogP contribution in [0.3, 0.4) is 0 Å². The van der Waals surface area contributed by atoms with Crippen LogP contribution in [0.25, 0.3) is 0 Å². The zero-order valence-corrected chi connectivity index (χ0v) is 14.1. The molecule has 1 aromatic carbocycles. The predicted octanol–water partition coefficient (Wildman–Crippen LogP) is 4.55. The fraction of sp³-hybridized carbons (Fsp3) is 0.368. The second-order valence-electron chi connectivity index (χ2n) is 5.82. The first-order chi connectivity index (χ1) is 11.1. The smallest absolute Gasteiger partial charge is 0.257 e. The van der Waals surface area contributed by atoms with E-state index in [1.807, 2.05) is 31.2 Å². The van der Waals surface area contributed by atoms with Crippen molar-refractivity contribution in [3.05, 3.63) is 53.2 Å². The number of rotatable bonds is 7. The number of carbonyl (C=O) groups excluding carboxylic acids is 1. The summed E-state index contributed by atoms with van der Waals surface area (Å²) in [5.74, 6) is 0.669. The summed E-state index contributed by atoms with van der Waals surface area (Å²) in [6.45, 7) is 7.18. The Hall–Kier alpha value is -2.36. The van der Waals surface area contributed by atoms with Gasteiger partial charge in [-0.15, -0.1) is 0 Å². The number of nitrogens with one attached hydrogen (secondary N) is 2. The average Bonchev–Trinajstić information content (AvgIpc) is 2.55. The van der Waals surface area contributed by atoms with Crippen LogP contribution in [0.4, 0.5) is 11.5 Å². The molecule has 2 aromatic rings. The molecule has 23 heavy (non-hydrogen) atoms. The van der Waals surface area contributed by atoms with Gasteiger partial charge in [0, 0.05) is 18.4 Å². The predicted molar refractivity (Wildman–Crippen MR) is 96.1 cm³/mol. The van der Waals surface area contributed by atoms with Crippen molar-refractivity contribution in [2.45, 2.75) is 40.0 Å². The van der Waals surface area contributed by atoms with E-state index in [1.165, 1.54) is 18.4 Å². The van der Waals surface area contributed by atoms with Gasteiger partial charge in [-0.25, -0.2) is 4.98 Å². The maximum atomic E-state index is 12.2. The summed E-state index contributed by atoms with van der Waals surface area (Å²) in [6, 6.07) is 9.54. The zero-order chi connectivity index (χ0) is 16.7. The molecule has 0 spiro atoms. The summed E-state index contributed by atoms with van der Waals surface area (Å²) in [4.78, 5) is 16.5. The number of unbranched alkanes of at least 4 members (excludes halogenated alkanes) is 2. The number of carbonyl (C=O) groups is 1. The monoisotopic (exact) mass is 311 g/mol. The van der Waals surface area contributed by atoms with Crippen molar-refractivity contribution in [2.24, 2.45) is 0 Å². The van der Waals surface area contributed by atoms with Gasteiger partial charge in [-0.2, -0.15) is 0 Å². The van der Waals surface area contributed by atoms with Crippen molar-refractivity contribution in [3.63, 3.8) is 0 Å². The number of hydrogen-bond donors (Lipinski definition) is 2. The van der Waals surface area contributed by atoms with Crippen LogP contribution in [0.2, 0.25) is 0 Å². The Morgan fingerprint density at radius 3 is 2.57 bits per heavy atom. The summed E-state index contributed by atoms with van der Waals surface area (Å²) in [5, 5.41) is 6.17. The molecule has 0 aliphatic carbocycles. The third-order valence-corrected chi connectivity index (χ3v) is 3.88. The van der Waals surface area contributed by atoms with E-state index in [2.05, 4.69) is 29.5 Å². The summed E-state index contributed by atoms with van der Waals surface area (Å²) in [5.41, 5.74) is 3.73. The molecule has 4 nitrogen and oxygen atoms in total. The number of anilines is 2. The number of pyridine rings is 1. The van der Waals surface area contributed by atoms with Crippen LogP contribution in [0.15, 0.2) is 36.5 Å². The number of aryl methyl sites for hydroxylation is 2. The van der Waals surface area contributed by atoms with Crippen molar-refractivity contribution < 1.29 is 4.79 Å². The summed E-state index contributed by atoms with van der Waals surface area (Å²) in [6.07, 6.45) is 5.15. The first-order valence-electron chi connectivity index (χ1n) is 8.18. The minimum Gasteiger partial charge on any atom is -0.370 e. The lowest BCUT2D eigenvalue weighted by Gasteiger charge is -2.09. The van der Waals surface area contributed by atoms with Gasteiger partial charge in [0.05, 0.1) is 5.56 Å². The number of amides is 1. The first kappa shape index (κ1) is 17.0. The standard InChI is InChI=1S/C19H25N3O/c1-4-5-6-11-20-18-10-8-16(13-21-18)19(23)22-17-9-7-14(2)15(3)12-17/h7-10,12-13H,4-6,11H2,1-3H3,(H,20,21)(H,22,23). The van der Waals surface area contributed by atoms with E-state index in [-0.39, 0.29) is 5.91 Å². The summed E-state index contributed by atoms with van der Waals surface area (Å²) in [7, 11) is 0. The Morgan fingerprint density at radius 1 is 1.09 bits per heavy atom. The lowest BCUT2D eigenvalue weighted by molar-refractivity contribution is 0.102. The van der Waals surface area contributed by atoms with Crippen molar-refractivity contribution in [3.8, 4) is 0 Å². The van der Waals surface area contributed by atoms with Crippen LogP contribution < -0.4 is 10.6 Å². The van der Waals surface area contributed by atoms with E-state index in [0.717, 1.165) is 30.0 Å². The molecule has 1 aromatic heterocycles. The average molecular weight is 311 g/mol. The number of aromatic nitrogens is 1. The molecule has 0 unspecified atom stereocenters. The van der Waals surface area contributed by atoms with Gasteiger partial charge in [0.1, 0.15) is 5.82 Å². The van der Waals surface area contributed by atoms with Gasteiger partial charge in [0.25, 0.3) is 5.91 Å². The molecule has 0 bridgehead atoms. The zero-order valence-electron chi connectivity index (χ0n) is 14.1. The third kappa shape index (κ3) is 5.09. The van der Waals surface area contributed by atoms with Gasteiger partial charge < -0.3 is 10.6 Å². The van der Waals surface area contributed by atoms with Gasteiger partial charge in [-0.05, 0) is 55.7 Å². The Balaban J connectivity index is 1.93. The number of hydrogen-bond acceptors (Lipinski definition) is 3. The van der Waals surface area contributed by atoms with E-state index >= 15 is 0 Å². The Kier molecular flexibility index (Phi) is 6.15. The molecule has 2 rings (SSSR count). The highest BCUT2D eigenvalue weighted by molar-refractivity contribution is 6.04. The molecule has 0 aliphatic rings. The fourth-order valence-electron chi connectivity index (χ4n) is 2.25. The minimum atomic E-state index is -0.140. The lowest BCUT2D eigenvalue weighted by atomic mass is 10.1. The van der Waals surface area contributed by atoms with Crippen LogP contribution in [0, 0.1) is 13.8 Å². The topological polar surface area (TPSA) is 54.0 Å². The quantitative estimate of drug-likeness (QED) is 0.737. The summed E-state index contributed by atoms with van der Waals surface area (Å²) < 4.78 is 0. The van der Waals surface area contributed by atoms with Crippen molar-refractivity contribution in [1.82, 2.24) is 4.98 Å². The van der Waals surface area contributed by atoms with Crippen LogP contribution in [-0.4, -0.2) is 17.4 Å². The van der Waals surface area contributed by atoms with Gasteiger partial charge >= 0.3 is 0 Å². The van der Waals surface area contributed by atoms with Crippen molar-refractivity contribution in [1.29, 1.82) is 0 Å². The molecular formula is C19H25N3O. The maximum absolute atomic E-state index is 12.2. The molecule has 0 saturated carbocycles. The van der Waals surface area contributed by atoms with Crippen LogP contribution in [-0.2, 0) is 0 Å². The Morgan fingerprint density at radius 2 is 1.91 bits per heavy atom. The van der Waals surface area contributed by atoms with Gasteiger partial charge in [-0.3, -0.25) is 4.79 Å². The molecule has 0 aliphatic heterocycles. The molecule has 1 amide bonds. The minimum absolute atomic E-state index is 0.140. The van der Waals surface area contributed by atoms with E-state index in [0.29, 0.717) is 5.56 Å². The molecule has 0 saturated heterocycles. The maximum Gasteiger partial charge on any atom is 0.257 e.